The molecular formula is C13H16BrClN2. The van der Waals surface area contributed by atoms with Gasteiger partial charge in [0.1, 0.15) is 0 Å². The summed E-state index contributed by atoms with van der Waals surface area (Å²) < 4.78 is 1.04. The van der Waals surface area contributed by atoms with Gasteiger partial charge < -0.3 is 10.2 Å². The van der Waals surface area contributed by atoms with Gasteiger partial charge >= 0.3 is 0 Å². The number of anilines is 1. The van der Waals surface area contributed by atoms with Gasteiger partial charge in [0.25, 0.3) is 0 Å². The molecule has 3 rings (SSSR count). The zero-order chi connectivity index (χ0) is 11.8. The number of halogens is 2. The Morgan fingerprint density at radius 1 is 1.24 bits per heavy atom. The predicted molar refractivity (Wildman–Crippen MR) is 75.9 cm³/mol. The van der Waals surface area contributed by atoms with E-state index >= 15 is 0 Å². The molecule has 0 aromatic heterocycles. The van der Waals surface area contributed by atoms with Crippen molar-refractivity contribution in [3.63, 3.8) is 0 Å². The van der Waals surface area contributed by atoms with Gasteiger partial charge in [0.05, 0.1) is 10.7 Å². The molecule has 0 bridgehead atoms. The summed E-state index contributed by atoms with van der Waals surface area (Å²) in [5.41, 5.74) is 1.16. The average Bonchev–Trinajstić information content (AvgIpc) is 2.96. The van der Waals surface area contributed by atoms with Gasteiger partial charge in [-0.05, 0) is 37.5 Å². The Morgan fingerprint density at radius 3 is 2.76 bits per heavy atom. The molecule has 0 amide bonds. The van der Waals surface area contributed by atoms with Gasteiger partial charge in [-0.3, -0.25) is 0 Å². The molecule has 1 heterocycles. The van der Waals surface area contributed by atoms with Crippen LogP contribution in [0.25, 0.3) is 0 Å². The molecule has 1 aromatic carbocycles. The average molecular weight is 316 g/mol. The first-order valence-corrected chi connectivity index (χ1v) is 7.35. The largest absolute Gasteiger partial charge is 0.369 e. The summed E-state index contributed by atoms with van der Waals surface area (Å²) >= 11 is 9.73. The highest BCUT2D eigenvalue weighted by Gasteiger charge is 2.29. The summed E-state index contributed by atoms with van der Waals surface area (Å²) in [4.78, 5) is 2.38. The van der Waals surface area contributed by atoms with Crippen molar-refractivity contribution in [1.29, 1.82) is 0 Å². The summed E-state index contributed by atoms with van der Waals surface area (Å²) in [5.74, 6) is 0. The van der Waals surface area contributed by atoms with Crippen molar-refractivity contribution in [2.24, 2.45) is 0 Å². The van der Waals surface area contributed by atoms with E-state index in [0.717, 1.165) is 34.3 Å². The summed E-state index contributed by atoms with van der Waals surface area (Å²) in [5, 5.41) is 4.53. The van der Waals surface area contributed by atoms with E-state index in [1.165, 1.54) is 19.3 Å². The van der Waals surface area contributed by atoms with Crippen LogP contribution in [0.4, 0.5) is 5.69 Å². The van der Waals surface area contributed by atoms with Gasteiger partial charge in [-0.25, -0.2) is 0 Å². The maximum atomic E-state index is 6.28. The van der Waals surface area contributed by atoms with Crippen LogP contribution in [-0.4, -0.2) is 25.2 Å². The highest BCUT2D eigenvalue weighted by Crippen LogP contribution is 2.31. The minimum Gasteiger partial charge on any atom is -0.369 e. The van der Waals surface area contributed by atoms with Gasteiger partial charge in [-0.15, -0.1) is 0 Å². The molecule has 2 nitrogen and oxygen atoms in total. The molecule has 1 saturated carbocycles. The Labute approximate surface area is 115 Å². The number of hydrogen-bond donors (Lipinski definition) is 1. The van der Waals surface area contributed by atoms with Gasteiger partial charge in [0.15, 0.2) is 0 Å². The smallest absolute Gasteiger partial charge is 0.0650 e. The van der Waals surface area contributed by atoms with E-state index in [9.17, 15) is 0 Å². The third-order valence-corrected chi connectivity index (χ3v) is 4.28. The molecule has 0 radical (unpaired) electrons. The number of nitrogens with one attached hydrogen (secondary N) is 1. The van der Waals surface area contributed by atoms with Gasteiger partial charge in [-0.1, -0.05) is 27.5 Å². The van der Waals surface area contributed by atoms with E-state index in [2.05, 4.69) is 38.3 Å². The molecule has 2 fully saturated rings. The van der Waals surface area contributed by atoms with Gasteiger partial charge in [-0.2, -0.15) is 0 Å². The van der Waals surface area contributed by atoms with Crippen molar-refractivity contribution >= 4 is 33.2 Å². The summed E-state index contributed by atoms with van der Waals surface area (Å²) in [6.07, 6.45) is 3.94. The van der Waals surface area contributed by atoms with E-state index < -0.39 is 0 Å². The Morgan fingerprint density at radius 2 is 2.06 bits per heavy atom. The van der Waals surface area contributed by atoms with Crippen LogP contribution in [0, 0.1) is 0 Å². The molecule has 4 heteroatoms. The van der Waals surface area contributed by atoms with E-state index in [4.69, 9.17) is 11.6 Å². The second kappa shape index (κ2) is 4.79. The molecule has 2 aliphatic rings. The summed E-state index contributed by atoms with van der Waals surface area (Å²) in [6.45, 7) is 2.18. The van der Waals surface area contributed by atoms with E-state index in [1.807, 2.05) is 6.07 Å². The van der Waals surface area contributed by atoms with Crippen molar-refractivity contribution in [3.05, 3.63) is 27.7 Å². The Kier molecular flexibility index (Phi) is 3.33. The molecule has 1 aliphatic carbocycles. The van der Waals surface area contributed by atoms with Gasteiger partial charge in [0.2, 0.25) is 0 Å². The third-order valence-electron chi connectivity index (χ3n) is 3.49. The molecule has 17 heavy (non-hydrogen) atoms. The number of hydrogen-bond acceptors (Lipinski definition) is 2. The first-order chi connectivity index (χ1) is 8.22. The number of rotatable bonds is 3. The molecule has 1 aromatic rings. The van der Waals surface area contributed by atoms with E-state index in [0.29, 0.717) is 6.04 Å². The first-order valence-electron chi connectivity index (χ1n) is 6.18. The normalized spacial score (nSPS) is 24.4. The van der Waals surface area contributed by atoms with Crippen LogP contribution in [-0.2, 0) is 0 Å². The number of nitrogens with zero attached hydrogens (tertiary/aromatic N) is 1. The lowest BCUT2D eigenvalue weighted by atomic mass is 10.2. The van der Waals surface area contributed by atoms with Crippen LogP contribution in [0.3, 0.4) is 0 Å². The zero-order valence-electron chi connectivity index (χ0n) is 9.63. The highest BCUT2D eigenvalue weighted by atomic mass is 79.9. The standard InChI is InChI=1S/C13H16BrClN2/c14-9-1-4-13(12(15)7-9)17-6-5-11(8-17)16-10-2-3-10/h1,4,7,10-11,16H,2-3,5-6,8H2. The molecule has 92 valence electrons. The fourth-order valence-corrected chi connectivity index (χ4v) is 3.23. The van der Waals surface area contributed by atoms with Crippen LogP contribution in [0.5, 0.6) is 0 Å². The fraction of sp³-hybridized carbons (Fsp3) is 0.538. The molecule has 1 N–H and O–H groups in total. The lowest BCUT2D eigenvalue weighted by Gasteiger charge is -2.20. The zero-order valence-corrected chi connectivity index (χ0v) is 12.0. The maximum Gasteiger partial charge on any atom is 0.0650 e. The first kappa shape index (κ1) is 11.8. The van der Waals surface area contributed by atoms with Crippen LogP contribution in [0.1, 0.15) is 19.3 Å². The van der Waals surface area contributed by atoms with Crippen LogP contribution >= 0.6 is 27.5 Å². The fourth-order valence-electron chi connectivity index (χ4n) is 2.44. The molecular weight excluding hydrogens is 300 g/mol. The van der Waals surface area contributed by atoms with Crippen molar-refractivity contribution in [1.82, 2.24) is 5.32 Å². The molecule has 1 saturated heterocycles. The summed E-state index contributed by atoms with van der Waals surface area (Å²) in [7, 11) is 0. The third kappa shape index (κ3) is 2.78. The van der Waals surface area contributed by atoms with Crippen LogP contribution in [0.2, 0.25) is 5.02 Å². The van der Waals surface area contributed by atoms with Gasteiger partial charge in [0, 0.05) is 29.6 Å². The maximum absolute atomic E-state index is 6.28. The second-order valence-electron chi connectivity index (χ2n) is 4.97. The Hall–Kier alpha value is -0.250. The Balaban J connectivity index is 1.68. The molecule has 1 atom stereocenters. The van der Waals surface area contributed by atoms with Crippen molar-refractivity contribution < 1.29 is 0 Å². The predicted octanol–water partition coefficient (Wildman–Crippen LogP) is 3.43. The van der Waals surface area contributed by atoms with E-state index in [1.54, 1.807) is 0 Å². The van der Waals surface area contributed by atoms with Crippen molar-refractivity contribution in [3.8, 4) is 0 Å². The summed E-state index contributed by atoms with van der Waals surface area (Å²) in [6, 6.07) is 7.57. The minimum atomic E-state index is 0.641. The lowest BCUT2D eigenvalue weighted by Crippen LogP contribution is -2.33. The SMILES string of the molecule is Clc1cc(Br)ccc1N1CCC(NC2CC2)C1. The second-order valence-corrected chi connectivity index (χ2v) is 6.29. The quantitative estimate of drug-likeness (QED) is 0.919. The lowest BCUT2D eigenvalue weighted by molar-refractivity contribution is 0.548. The van der Waals surface area contributed by atoms with Crippen LogP contribution < -0.4 is 10.2 Å². The monoisotopic (exact) mass is 314 g/mol. The van der Waals surface area contributed by atoms with E-state index in [-0.39, 0.29) is 0 Å². The number of benzene rings is 1. The van der Waals surface area contributed by atoms with Crippen molar-refractivity contribution in [2.45, 2.75) is 31.3 Å². The Bertz CT molecular complexity index is 420. The molecule has 1 unspecified atom stereocenters. The highest BCUT2D eigenvalue weighted by molar-refractivity contribution is 9.10. The van der Waals surface area contributed by atoms with Crippen molar-refractivity contribution in [2.75, 3.05) is 18.0 Å². The van der Waals surface area contributed by atoms with Crippen LogP contribution in [0.15, 0.2) is 22.7 Å². The molecule has 0 spiro atoms. The molecule has 1 aliphatic heterocycles. The minimum absolute atomic E-state index is 0.641. The topological polar surface area (TPSA) is 15.3 Å².